The van der Waals surface area contributed by atoms with Crippen LogP contribution in [0.2, 0.25) is 10.0 Å². The maximum absolute atomic E-state index is 12.2. The molecule has 1 heterocycles. The number of halogens is 2. The second-order valence-corrected chi connectivity index (χ2v) is 6.69. The van der Waals surface area contributed by atoms with Crippen molar-refractivity contribution in [3.8, 4) is 0 Å². The number of hydrogen-bond donors (Lipinski definition) is 1. The number of nitrogens with zero attached hydrogens (tertiary/aromatic N) is 2. The average Bonchev–Trinajstić information content (AvgIpc) is 2.50. The molecular formula is C16H17Cl2N3O2. The van der Waals surface area contributed by atoms with Crippen molar-refractivity contribution in [3.05, 3.63) is 62.0 Å². The van der Waals surface area contributed by atoms with Crippen LogP contribution in [0.3, 0.4) is 0 Å². The van der Waals surface area contributed by atoms with Gasteiger partial charge >= 0.3 is 0 Å². The van der Waals surface area contributed by atoms with E-state index in [1.807, 2.05) is 19.9 Å². The van der Waals surface area contributed by atoms with Crippen molar-refractivity contribution in [1.82, 2.24) is 15.1 Å². The predicted molar refractivity (Wildman–Crippen MR) is 91.3 cm³/mol. The molecule has 7 heteroatoms. The Labute approximate surface area is 144 Å². The summed E-state index contributed by atoms with van der Waals surface area (Å²) in [5.41, 5.74) is 0.542. The second-order valence-electron chi connectivity index (χ2n) is 5.88. The van der Waals surface area contributed by atoms with E-state index < -0.39 is 0 Å². The SMILES string of the molecule is Cn1nc(C(=O)NCC(C)(C)c2ccc(Cl)c(Cl)c2)ccc1=O. The number of nitrogens with one attached hydrogen (secondary N) is 1. The predicted octanol–water partition coefficient (Wildman–Crippen LogP) is 2.79. The highest BCUT2D eigenvalue weighted by Crippen LogP contribution is 2.29. The molecule has 0 aliphatic rings. The van der Waals surface area contributed by atoms with Crippen LogP contribution in [0.1, 0.15) is 29.9 Å². The quantitative estimate of drug-likeness (QED) is 0.918. The number of carbonyl (C=O) groups is 1. The molecule has 0 bridgehead atoms. The molecule has 122 valence electrons. The van der Waals surface area contributed by atoms with Crippen molar-refractivity contribution < 1.29 is 4.79 Å². The molecule has 0 radical (unpaired) electrons. The minimum atomic E-state index is -0.343. The monoisotopic (exact) mass is 353 g/mol. The van der Waals surface area contributed by atoms with Crippen molar-refractivity contribution in [1.29, 1.82) is 0 Å². The lowest BCUT2D eigenvalue weighted by atomic mass is 9.84. The Morgan fingerprint density at radius 1 is 1.22 bits per heavy atom. The molecule has 1 aromatic heterocycles. The van der Waals surface area contributed by atoms with Gasteiger partial charge in [-0.15, -0.1) is 0 Å². The highest BCUT2D eigenvalue weighted by molar-refractivity contribution is 6.42. The molecule has 2 aromatic rings. The van der Waals surface area contributed by atoms with Crippen molar-refractivity contribution in [2.24, 2.45) is 7.05 Å². The molecule has 0 fully saturated rings. The standard InChI is InChI=1S/C16H17Cl2N3O2/c1-16(2,10-4-5-11(17)12(18)8-10)9-19-15(23)13-6-7-14(22)21(3)20-13/h4-8H,9H2,1-3H3,(H,19,23). The number of rotatable bonds is 4. The van der Waals surface area contributed by atoms with Gasteiger partial charge in [0.25, 0.3) is 11.5 Å². The maximum atomic E-state index is 12.2. The molecule has 0 saturated heterocycles. The van der Waals surface area contributed by atoms with E-state index in [4.69, 9.17) is 23.2 Å². The van der Waals surface area contributed by atoms with E-state index in [0.717, 1.165) is 10.2 Å². The van der Waals surface area contributed by atoms with Gasteiger partial charge in [-0.05, 0) is 23.8 Å². The van der Waals surface area contributed by atoms with Crippen LogP contribution in [0.4, 0.5) is 0 Å². The fraction of sp³-hybridized carbons (Fsp3) is 0.312. The number of benzene rings is 1. The van der Waals surface area contributed by atoms with Gasteiger partial charge in [0, 0.05) is 25.1 Å². The zero-order chi connectivity index (χ0) is 17.2. The molecule has 1 aromatic carbocycles. The lowest BCUT2D eigenvalue weighted by Crippen LogP contribution is -2.37. The largest absolute Gasteiger partial charge is 0.350 e. The smallest absolute Gasteiger partial charge is 0.271 e. The van der Waals surface area contributed by atoms with Gasteiger partial charge in [-0.25, -0.2) is 4.68 Å². The molecule has 5 nitrogen and oxygen atoms in total. The molecular weight excluding hydrogens is 337 g/mol. The normalized spacial score (nSPS) is 11.3. The third kappa shape index (κ3) is 4.12. The highest BCUT2D eigenvalue weighted by atomic mass is 35.5. The molecule has 0 spiro atoms. The van der Waals surface area contributed by atoms with E-state index in [1.54, 1.807) is 12.1 Å². The number of aromatic nitrogens is 2. The molecule has 0 aliphatic heterocycles. The Bertz CT molecular complexity index is 800. The van der Waals surface area contributed by atoms with Gasteiger partial charge in [0.2, 0.25) is 0 Å². The molecule has 2 rings (SSSR count). The minimum Gasteiger partial charge on any atom is -0.350 e. The molecule has 0 unspecified atom stereocenters. The van der Waals surface area contributed by atoms with E-state index in [-0.39, 0.29) is 22.6 Å². The van der Waals surface area contributed by atoms with Gasteiger partial charge in [0.05, 0.1) is 10.0 Å². The fourth-order valence-corrected chi connectivity index (χ4v) is 2.33. The number of hydrogen-bond acceptors (Lipinski definition) is 3. The van der Waals surface area contributed by atoms with E-state index in [1.165, 1.54) is 19.2 Å². The zero-order valence-corrected chi connectivity index (χ0v) is 14.6. The lowest BCUT2D eigenvalue weighted by molar-refractivity contribution is 0.0938. The summed E-state index contributed by atoms with van der Waals surface area (Å²) in [5, 5.41) is 7.72. The van der Waals surface area contributed by atoms with Gasteiger partial charge in [-0.1, -0.05) is 43.1 Å². The van der Waals surface area contributed by atoms with Gasteiger partial charge in [0.1, 0.15) is 5.69 Å². The third-order valence-corrected chi connectivity index (χ3v) is 4.32. The van der Waals surface area contributed by atoms with Gasteiger partial charge in [0.15, 0.2) is 0 Å². The highest BCUT2D eigenvalue weighted by Gasteiger charge is 2.23. The van der Waals surface area contributed by atoms with E-state index in [9.17, 15) is 9.59 Å². The van der Waals surface area contributed by atoms with E-state index in [2.05, 4.69) is 10.4 Å². The van der Waals surface area contributed by atoms with Gasteiger partial charge < -0.3 is 5.32 Å². The summed E-state index contributed by atoms with van der Waals surface area (Å²) >= 11 is 12.0. The lowest BCUT2D eigenvalue weighted by Gasteiger charge is -2.26. The van der Waals surface area contributed by atoms with E-state index >= 15 is 0 Å². The Hall–Kier alpha value is -1.85. The summed E-state index contributed by atoms with van der Waals surface area (Å²) in [6.45, 7) is 4.36. The maximum Gasteiger partial charge on any atom is 0.271 e. The first-order chi connectivity index (χ1) is 10.7. The summed E-state index contributed by atoms with van der Waals surface area (Å²) in [6.07, 6.45) is 0. The molecule has 0 saturated carbocycles. The molecule has 0 aliphatic carbocycles. The van der Waals surface area contributed by atoms with Crippen LogP contribution in [0.5, 0.6) is 0 Å². The first-order valence-electron chi connectivity index (χ1n) is 6.99. The fourth-order valence-electron chi connectivity index (χ4n) is 2.03. The zero-order valence-electron chi connectivity index (χ0n) is 13.1. The number of amides is 1. The first-order valence-corrected chi connectivity index (χ1v) is 7.74. The van der Waals surface area contributed by atoms with Crippen molar-refractivity contribution >= 4 is 29.1 Å². The summed E-state index contributed by atoms with van der Waals surface area (Å²) in [4.78, 5) is 23.5. The summed E-state index contributed by atoms with van der Waals surface area (Å²) < 4.78 is 1.12. The van der Waals surface area contributed by atoms with Crippen LogP contribution >= 0.6 is 23.2 Å². The van der Waals surface area contributed by atoms with Crippen LogP contribution < -0.4 is 10.9 Å². The van der Waals surface area contributed by atoms with Gasteiger partial charge in [-0.3, -0.25) is 9.59 Å². The summed E-state index contributed by atoms with van der Waals surface area (Å²) in [5.74, 6) is -0.339. The minimum absolute atomic E-state index is 0.192. The Morgan fingerprint density at radius 3 is 2.52 bits per heavy atom. The van der Waals surface area contributed by atoms with Crippen molar-refractivity contribution in [2.75, 3.05) is 6.54 Å². The van der Waals surface area contributed by atoms with Crippen molar-refractivity contribution in [3.63, 3.8) is 0 Å². The second kappa shape index (κ2) is 6.72. The Balaban J connectivity index is 2.11. The van der Waals surface area contributed by atoms with Crippen LogP contribution in [-0.4, -0.2) is 22.2 Å². The van der Waals surface area contributed by atoms with Crippen LogP contribution in [0, 0.1) is 0 Å². The van der Waals surface area contributed by atoms with Crippen molar-refractivity contribution in [2.45, 2.75) is 19.3 Å². The Kier molecular flexibility index (Phi) is 5.12. The summed E-state index contributed by atoms with van der Waals surface area (Å²) in [7, 11) is 1.50. The van der Waals surface area contributed by atoms with Crippen LogP contribution in [0.15, 0.2) is 35.1 Å². The topological polar surface area (TPSA) is 64.0 Å². The molecule has 23 heavy (non-hydrogen) atoms. The van der Waals surface area contributed by atoms with E-state index in [0.29, 0.717) is 16.6 Å². The van der Waals surface area contributed by atoms with Crippen LogP contribution in [0.25, 0.3) is 0 Å². The summed E-state index contributed by atoms with van der Waals surface area (Å²) in [6, 6.07) is 8.12. The van der Waals surface area contributed by atoms with Crippen LogP contribution in [-0.2, 0) is 12.5 Å². The van der Waals surface area contributed by atoms with Gasteiger partial charge in [-0.2, -0.15) is 5.10 Å². The number of aryl methyl sites for hydroxylation is 1. The molecule has 1 N–H and O–H groups in total. The average molecular weight is 354 g/mol. The molecule has 1 amide bonds. The molecule has 0 atom stereocenters. The number of carbonyl (C=O) groups excluding carboxylic acids is 1. The Morgan fingerprint density at radius 2 is 1.91 bits per heavy atom. The first kappa shape index (κ1) is 17.5. The third-order valence-electron chi connectivity index (χ3n) is 3.59.